The molecule has 1 saturated heterocycles. The molecule has 2 bridgehead atoms. The lowest BCUT2D eigenvalue weighted by Crippen LogP contribution is -2.60. The molecule has 262 valence electrons. The third-order valence-electron chi connectivity index (χ3n) is 10.8. The van der Waals surface area contributed by atoms with Crippen molar-refractivity contribution in [2.75, 3.05) is 58.1 Å². The predicted octanol–water partition coefficient (Wildman–Crippen LogP) is 5.65. The van der Waals surface area contributed by atoms with Crippen molar-refractivity contribution in [2.24, 2.45) is 5.92 Å². The fourth-order valence-electron chi connectivity index (χ4n) is 7.62. The molecule has 48 heavy (non-hydrogen) atoms. The lowest BCUT2D eigenvalue weighted by Gasteiger charge is -2.49. The summed E-state index contributed by atoms with van der Waals surface area (Å²) in [5.74, 6) is -0.830. The van der Waals surface area contributed by atoms with Crippen molar-refractivity contribution < 1.29 is 31.8 Å². The Hall–Kier alpha value is -2.70. The number of sulfonamides is 1. The molecule has 0 unspecified atom stereocenters. The van der Waals surface area contributed by atoms with Crippen molar-refractivity contribution in [1.82, 2.24) is 9.62 Å². The van der Waals surface area contributed by atoms with Crippen molar-refractivity contribution in [3.05, 3.63) is 70.0 Å². The number of nitrogens with zero attached hydrogens (tertiary/aromatic N) is 2. The van der Waals surface area contributed by atoms with E-state index in [1.54, 1.807) is 39.2 Å². The van der Waals surface area contributed by atoms with E-state index in [4.69, 9.17) is 25.8 Å². The Morgan fingerprint density at radius 1 is 1.17 bits per heavy atom. The second-order valence-corrected chi connectivity index (χ2v) is 16.4. The van der Waals surface area contributed by atoms with Crippen LogP contribution in [0, 0.1) is 5.92 Å². The van der Waals surface area contributed by atoms with Crippen LogP contribution in [0.2, 0.25) is 5.02 Å². The Labute approximate surface area is 288 Å². The Morgan fingerprint density at radius 2 is 2.00 bits per heavy atom. The zero-order chi connectivity index (χ0) is 34.1. The molecule has 0 radical (unpaired) electrons. The highest BCUT2D eigenvalue weighted by Gasteiger charge is 2.44. The van der Waals surface area contributed by atoms with Crippen LogP contribution in [0.1, 0.15) is 67.4 Å². The van der Waals surface area contributed by atoms with Crippen LogP contribution >= 0.6 is 11.6 Å². The molecule has 3 heterocycles. The maximum Gasteiger partial charge on any atom is 0.264 e. The van der Waals surface area contributed by atoms with Crippen molar-refractivity contribution in [3.63, 3.8) is 0 Å². The van der Waals surface area contributed by atoms with Crippen LogP contribution in [0.4, 0.5) is 10.1 Å². The number of amides is 1. The van der Waals surface area contributed by atoms with Gasteiger partial charge in [0, 0.05) is 62.0 Å². The number of aryl methyl sites for hydroxylation is 1. The highest BCUT2D eigenvalue weighted by Crippen LogP contribution is 2.45. The number of nitrogens with one attached hydrogen (secondary N) is 1. The largest absolute Gasteiger partial charge is 0.490 e. The molecule has 1 N–H and O–H groups in total. The van der Waals surface area contributed by atoms with E-state index in [9.17, 15) is 13.2 Å². The molecule has 9 nitrogen and oxygen atoms in total. The summed E-state index contributed by atoms with van der Waals surface area (Å²) in [6, 6.07) is 10.7. The number of carbonyl (C=O) groups excluding carboxylic acids is 1. The molecule has 1 spiro atoms. The number of allylic oxidation sites excluding steroid dienone is 1. The molecule has 6 rings (SSSR count). The van der Waals surface area contributed by atoms with Crippen LogP contribution in [0.15, 0.2) is 48.3 Å². The van der Waals surface area contributed by atoms with Crippen LogP contribution in [-0.2, 0) is 31.3 Å². The van der Waals surface area contributed by atoms with Gasteiger partial charge in [-0.05, 0) is 92.8 Å². The molecular weight excluding hydrogens is 657 g/mol. The minimum absolute atomic E-state index is 0.0233. The topological polar surface area (TPSA) is 97.4 Å². The average Bonchev–Trinajstić information content (AvgIpc) is 3.20. The Kier molecular flexibility index (Phi) is 10.7. The van der Waals surface area contributed by atoms with Crippen molar-refractivity contribution in [1.29, 1.82) is 0 Å². The second kappa shape index (κ2) is 14.6. The van der Waals surface area contributed by atoms with Gasteiger partial charge in [0.15, 0.2) is 0 Å². The van der Waals surface area contributed by atoms with E-state index in [1.807, 2.05) is 6.07 Å². The first-order valence-corrected chi connectivity index (χ1v) is 19.0. The van der Waals surface area contributed by atoms with Crippen LogP contribution < -0.4 is 14.4 Å². The first-order valence-electron chi connectivity index (χ1n) is 17.1. The Balaban J connectivity index is 1.40. The molecule has 4 aliphatic rings. The standard InChI is InChI=1S/C36H47ClFN3O6S/c1-24-7-11-31(38)33(21-46-17-5-16-45-3)41-15-13-29(41)20-40-22-36(14-4-6-26-18-28(37)9-10-30(26)36)23-47-34-12-8-27(19-32(34)40)35(42)39-48(43,44)25(24)2/h8-12,18-19,24-25,29,33H,4-7,13-17,20-23H2,1-3H3,(H,39,42)/b31-11-/t24-,25+,29-,33-,36-/m0/s1. The van der Waals surface area contributed by atoms with Gasteiger partial charge in [-0.15, -0.1) is 0 Å². The molecule has 5 atom stereocenters. The van der Waals surface area contributed by atoms with E-state index in [2.05, 4.69) is 26.7 Å². The van der Waals surface area contributed by atoms with Crippen molar-refractivity contribution in [3.8, 4) is 5.75 Å². The fourth-order valence-corrected chi connectivity index (χ4v) is 9.10. The third-order valence-corrected chi connectivity index (χ3v) is 12.9. The predicted molar refractivity (Wildman–Crippen MR) is 185 cm³/mol. The van der Waals surface area contributed by atoms with E-state index in [-0.39, 0.29) is 35.9 Å². The summed E-state index contributed by atoms with van der Waals surface area (Å²) in [7, 11) is -2.41. The minimum atomic E-state index is -4.05. The highest BCUT2D eigenvalue weighted by atomic mass is 35.5. The van der Waals surface area contributed by atoms with Crippen molar-refractivity contribution in [2.45, 2.75) is 75.1 Å². The summed E-state index contributed by atoms with van der Waals surface area (Å²) >= 11 is 6.42. The first-order chi connectivity index (χ1) is 23.0. The number of hydrogen-bond donors (Lipinski definition) is 1. The van der Waals surface area contributed by atoms with E-state index in [0.717, 1.165) is 31.4 Å². The molecule has 12 heteroatoms. The zero-order valence-corrected chi connectivity index (χ0v) is 29.6. The summed E-state index contributed by atoms with van der Waals surface area (Å²) in [6.45, 7) is 6.86. The third kappa shape index (κ3) is 7.26. The molecule has 0 saturated carbocycles. The molecule has 2 aromatic rings. The number of rotatable bonds is 6. The monoisotopic (exact) mass is 703 g/mol. The molecule has 2 aromatic carbocycles. The van der Waals surface area contributed by atoms with E-state index < -0.39 is 33.1 Å². The number of methoxy groups -OCH3 is 1. The maximum atomic E-state index is 16.2. The molecule has 3 aliphatic heterocycles. The highest BCUT2D eigenvalue weighted by molar-refractivity contribution is 7.90. The second-order valence-electron chi connectivity index (χ2n) is 13.9. The molecule has 0 aromatic heterocycles. The van der Waals surface area contributed by atoms with Gasteiger partial charge in [0.2, 0.25) is 10.0 Å². The van der Waals surface area contributed by atoms with E-state index in [1.165, 1.54) is 17.2 Å². The van der Waals surface area contributed by atoms with E-state index in [0.29, 0.717) is 56.6 Å². The number of ether oxygens (including phenoxy) is 3. The summed E-state index contributed by atoms with van der Waals surface area (Å²) in [5.41, 5.74) is 3.06. The molecule has 1 aliphatic carbocycles. The smallest absolute Gasteiger partial charge is 0.264 e. The number of carbonyl (C=O) groups is 1. The van der Waals surface area contributed by atoms with Gasteiger partial charge < -0.3 is 19.1 Å². The molecule has 1 amide bonds. The quantitative estimate of drug-likeness (QED) is 0.386. The molecular formula is C36H47ClFN3O6S. The fraction of sp³-hybridized carbons (Fsp3) is 0.583. The van der Waals surface area contributed by atoms with Crippen LogP contribution in [-0.4, -0.2) is 89.7 Å². The van der Waals surface area contributed by atoms with E-state index >= 15 is 4.39 Å². The van der Waals surface area contributed by atoms with Crippen LogP contribution in [0.5, 0.6) is 5.75 Å². The van der Waals surface area contributed by atoms with Crippen LogP contribution in [0.3, 0.4) is 0 Å². The lowest BCUT2D eigenvalue weighted by molar-refractivity contribution is -0.00413. The average molecular weight is 704 g/mol. The summed E-state index contributed by atoms with van der Waals surface area (Å²) in [5, 5.41) is -0.224. The number of anilines is 1. The van der Waals surface area contributed by atoms with Gasteiger partial charge in [-0.3, -0.25) is 9.69 Å². The number of hydrogen-bond acceptors (Lipinski definition) is 8. The summed E-state index contributed by atoms with van der Waals surface area (Å²) < 4.78 is 62.9. The lowest BCUT2D eigenvalue weighted by atomic mass is 9.70. The number of fused-ring (bicyclic) bond motifs is 4. The van der Waals surface area contributed by atoms with Crippen LogP contribution in [0.25, 0.3) is 0 Å². The number of benzene rings is 2. The molecule has 1 fully saturated rings. The number of halogens is 2. The zero-order valence-electron chi connectivity index (χ0n) is 28.1. The first kappa shape index (κ1) is 35.1. The maximum absolute atomic E-state index is 16.2. The minimum Gasteiger partial charge on any atom is -0.490 e. The van der Waals surface area contributed by atoms with Gasteiger partial charge in [0.1, 0.15) is 11.6 Å². The van der Waals surface area contributed by atoms with Gasteiger partial charge in [0.25, 0.3) is 5.91 Å². The van der Waals surface area contributed by atoms with Gasteiger partial charge in [-0.2, -0.15) is 0 Å². The Morgan fingerprint density at radius 3 is 2.77 bits per heavy atom. The van der Waals surface area contributed by atoms with Gasteiger partial charge in [-0.1, -0.05) is 30.7 Å². The summed E-state index contributed by atoms with van der Waals surface area (Å²) in [4.78, 5) is 17.9. The normalized spacial score (nSPS) is 30.1. The van der Waals surface area contributed by atoms with Gasteiger partial charge >= 0.3 is 0 Å². The summed E-state index contributed by atoms with van der Waals surface area (Å²) in [6.07, 6.45) is 6.13. The van der Waals surface area contributed by atoms with Gasteiger partial charge in [0.05, 0.1) is 30.2 Å². The van der Waals surface area contributed by atoms with Crippen molar-refractivity contribution >= 4 is 33.2 Å². The van der Waals surface area contributed by atoms with Gasteiger partial charge in [-0.25, -0.2) is 17.5 Å². The Bertz CT molecular complexity index is 1640. The SMILES string of the molecule is COCCCOC[C@H]1/C(F)=C/C[C@H](C)[C@@H](C)S(=O)(=O)NC(=O)c2ccc3c(c2)N(C[C@@H]2CCN21)C[C@@]1(CCCc2cc(Cl)ccc21)CO3.